The Balaban J connectivity index is 1.98. The monoisotopic (exact) mass is 313 g/mol. The van der Waals surface area contributed by atoms with Crippen molar-refractivity contribution in [2.45, 2.75) is 33.2 Å². The highest BCUT2D eigenvalue weighted by molar-refractivity contribution is 5.87. The van der Waals surface area contributed by atoms with Crippen LogP contribution in [-0.2, 0) is 16.0 Å². The SMILES string of the molecule is CC(=O)N[C@H](C(=O)NCCc1cccc2cccnc12)C(C)C. The molecule has 1 aromatic heterocycles. The molecule has 0 bridgehead atoms. The van der Waals surface area contributed by atoms with E-state index < -0.39 is 6.04 Å². The summed E-state index contributed by atoms with van der Waals surface area (Å²) >= 11 is 0. The van der Waals surface area contributed by atoms with Crippen LogP contribution in [0.15, 0.2) is 36.5 Å². The van der Waals surface area contributed by atoms with Crippen LogP contribution in [0.4, 0.5) is 0 Å². The molecular formula is C18H23N3O2. The number of pyridine rings is 1. The number of carbonyl (C=O) groups excluding carboxylic acids is 2. The summed E-state index contributed by atoms with van der Waals surface area (Å²) in [7, 11) is 0. The molecule has 122 valence electrons. The number of amides is 2. The van der Waals surface area contributed by atoms with Crippen molar-refractivity contribution in [1.29, 1.82) is 0 Å². The van der Waals surface area contributed by atoms with E-state index in [4.69, 9.17) is 0 Å². The lowest BCUT2D eigenvalue weighted by Gasteiger charge is -2.21. The van der Waals surface area contributed by atoms with Gasteiger partial charge in [0.2, 0.25) is 11.8 Å². The highest BCUT2D eigenvalue weighted by Gasteiger charge is 2.22. The van der Waals surface area contributed by atoms with E-state index in [9.17, 15) is 9.59 Å². The van der Waals surface area contributed by atoms with Crippen molar-refractivity contribution < 1.29 is 9.59 Å². The van der Waals surface area contributed by atoms with Gasteiger partial charge in [0.25, 0.3) is 0 Å². The summed E-state index contributed by atoms with van der Waals surface area (Å²) in [6.07, 6.45) is 2.47. The molecule has 0 aliphatic carbocycles. The maximum atomic E-state index is 12.2. The first-order valence-electron chi connectivity index (χ1n) is 7.86. The molecule has 2 aromatic rings. The molecule has 5 nitrogen and oxygen atoms in total. The number of para-hydroxylation sites is 1. The molecular weight excluding hydrogens is 290 g/mol. The van der Waals surface area contributed by atoms with Gasteiger partial charge in [-0.1, -0.05) is 38.1 Å². The Morgan fingerprint density at radius 1 is 1.17 bits per heavy atom. The number of carbonyl (C=O) groups is 2. The van der Waals surface area contributed by atoms with Crippen LogP contribution in [0.3, 0.4) is 0 Å². The number of hydrogen-bond donors (Lipinski definition) is 2. The molecule has 0 radical (unpaired) electrons. The Labute approximate surface area is 136 Å². The fraction of sp³-hybridized carbons (Fsp3) is 0.389. The van der Waals surface area contributed by atoms with Crippen LogP contribution in [0, 0.1) is 5.92 Å². The number of nitrogens with one attached hydrogen (secondary N) is 2. The lowest BCUT2D eigenvalue weighted by Crippen LogP contribution is -2.49. The maximum absolute atomic E-state index is 12.2. The average molecular weight is 313 g/mol. The molecule has 0 aliphatic heterocycles. The quantitative estimate of drug-likeness (QED) is 0.857. The van der Waals surface area contributed by atoms with Gasteiger partial charge in [0.05, 0.1) is 5.52 Å². The molecule has 2 amide bonds. The van der Waals surface area contributed by atoms with Crippen LogP contribution >= 0.6 is 0 Å². The van der Waals surface area contributed by atoms with Crippen molar-refractivity contribution in [3.63, 3.8) is 0 Å². The zero-order valence-electron chi connectivity index (χ0n) is 13.8. The first-order chi connectivity index (χ1) is 11.0. The molecule has 0 aliphatic rings. The summed E-state index contributed by atoms with van der Waals surface area (Å²) < 4.78 is 0. The van der Waals surface area contributed by atoms with Crippen LogP contribution in [0.1, 0.15) is 26.3 Å². The molecule has 0 spiro atoms. The summed E-state index contributed by atoms with van der Waals surface area (Å²) in [6, 6.07) is 9.48. The topological polar surface area (TPSA) is 71.1 Å². The van der Waals surface area contributed by atoms with Gasteiger partial charge in [0.15, 0.2) is 0 Å². The second-order valence-electron chi connectivity index (χ2n) is 5.96. The van der Waals surface area contributed by atoms with Gasteiger partial charge in [-0.15, -0.1) is 0 Å². The van der Waals surface area contributed by atoms with Gasteiger partial charge in [0.1, 0.15) is 6.04 Å². The lowest BCUT2D eigenvalue weighted by atomic mass is 10.0. The summed E-state index contributed by atoms with van der Waals surface area (Å²) in [5, 5.41) is 6.69. The van der Waals surface area contributed by atoms with Crippen molar-refractivity contribution in [3.05, 3.63) is 42.1 Å². The molecule has 0 saturated carbocycles. The van der Waals surface area contributed by atoms with E-state index in [0.717, 1.165) is 16.5 Å². The maximum Gasteiger partial charge on any atom is 0.242 e. The molecule has 2 N–H and O–H groups in total. The zero-order chi connectivity index (χ0) is 16.8. The number of aromatic nitrogens is 1. The van der Waals surface area contributed by atoms with Crippen molar-refractivity contribution in [2.75, 3.05) is 6.54 Å². The van der Waals surface area contributed by atoms with Gasteiger partial charge in [-0.3, -0.25) is 14.6 Å². The Kier molecular flexibility index (Phi) is 5.68. The zero-order valence-corrected chi connectivity index (χ0v) is 13.8. The Morgan fingerprint density at radius 3 is 2.61 bits per heavy atom. The smallest absolute Gasteiger partial charge is 0.242 e. The first kappa shape index (κ1) is 16.9. The van der Waals surface area contributed by atoms with Crippen molar-refractivity contribution >= 4 is 22.7 Å². The second-order valence-corrected chi connectivity index (χ2v) is 5.96. The van der Waals surface area contributed by atoms with E-state index in [1.807, 2.05) is 44.2 Å². The summed E-state index contributed by atoms with van der Waals surface area (Å²) in [4.78, 5) is 27.8. The molecule has 0 saturated heterocycles. The predicted octanol–water partition coefficient (Wildman–Crippen LogP) is 2.05. The Bertz CT molecular complexity index is 692. The molecule has 1 aromatic carbocycles. The molecule has 2 rings (SSSR count). The molecule has 5 heteroatoms. The molecule has 23 heavy (non-hydrogen) atoms. The third-order valence-electron chi connectivity index (χ3n) is 3.72. The molecule has 1 atom stereocenters. The van der Waals surface area contributed by atoms with E-state index in [1.165, 1.54) is 6.92 Å². The predicted molar refractivity (Wildman–Crippen MR) is 90.9 cm³/mol. The number of rotatable bonds is 6. The highest BCUT2D eigenvalue weighted by atomic mass is 16.2. The Hall–Kier alpha value is -2.43. The van der Waals surface area contributed by atoms with Gasteiger partial charge in [-0.05, 0) is 24.0 Å². The van der Waals surface area contributed by atoms with Crippen LogP contribution in [0.5, 0.6) is 0 Å². The van der Waals surface area contributed by atoms with Crippen LogP contribution in [-0.4, -0.2) is 29.4 Å². The normalized spacial score (nSPS) is 12.2. The summed E-state index contributed by atoms with van der Waals surface area (Å²) in [6.45, 7) is 5.76. The summed E-state index contributed by atoms with van der Waals surface area (Å²) in [5.41, 5.74) is 2.07. The Morgan fingerprint density at radius 2 is 1.91 bits per heavy atom. The van der Waals surface area contributed by atoms with Gasteiger partial charge in [0, 0.05) is 25.1 Å². The van der Waals surface area contributed by atoms with E-state index >= 15 is 0 Å². The minimum absolute atomic E-state index is 0.0399. The molecule has 0 fully saturated rings. The van der Waals surface area contributed by atoms with Gasteiger partial charge < -0.3 is 10.6 Å². The van der Waals surface area contributed by atoms with E-state index in [2.05, 4.69) is 15.6 Å². The third-order valence-corrected chi connectivity index (χ3v) is 3.72. The molecule has 0 unspecified atom stereocenters. The number of benzene rings is 1. The lowest BCUT2D eigenvalue weighted by molar-refractivity contribution is -0.129. The van der Waals surface area contributed by atoms with Crippen LogP contribution in [0.2, 0.25) is 0 Å². The minimum atomic E-state index is -0.502. The van der Waals surface area contributed by atoms with Crippen molar-refractivity contribution in [2.24, 2.45) is 5.92 Å². The fourth-order valence-electron chi connectivity index (χ4n) is 2.55. The number of hydrogen-bond acceptors (Lipinski definition) is 3. The van der Waals surface area contributed by atoms with Crippen molar-refractivity contribution in [1.82, 2.24) is 15.6 Å². The van der Waals surface area contributed by atoms with Crippen LogP contribution < -0.4 is 10.6 Å². The third kappa shape index (κ3) is 4.52. The van der Waals surface area contributed by atoms with Gasteiger partial charge in [-0.2, -0.15) is 0 Å². The highest BCUT2D eigenvalue weighted by Crippen LogP contribution is 2.16. The largest absolute Gasteiger partial charge is 0.354 e. The minimum Gasteiger partial charge on any atom is -0.354 e. The van der Waals surface area contributed by atoms with E-state index in [0.29, 0.717) is 13.0 Å². The van der Waals surface area contributed by atoms with Gasteiger partial charge in [-0.25, -0.2) is 0 Å². The average Bonchev–Trinajstić information content (AvgIpc) is 2.52. The summed E-state index contributed by atoms with van der Waals surface area (Å²) in [5.74, 6) is -0.307. The fourth-order valence-corrected chi connectivity index (χ4v) is 2.55. The van der Waals surface area contributed by atoms with Crippen LogP contribution in [0.25, 0.3) is 10.9 Å². The number of fused-ring (bicyclic) bond motifs is 1. The van der Waals surface area contributed by atoms with E-state index in [-0.39, 0.29) is 17.7 Å². The number of nitrogens with zero attached hydrogens (tertiary/aromatic N) is 1. The first-order valence-corrected chi connectivity index (χ1v) is 7.86. The van der Waals surface area contributed by atoms with E-state index in [1.54, 1.807) is 6.20 Å². The standard InChI is InChI=1S/C18H23N3O2/c1-12(2)16(21-13(3)22)18(23)20-11-9-15-7-4-6-14-8-5-10-19-17(14)15/h4-8,10,12,16H,9,11H2,1-3H3,(H,20,23)(H,21,22)/t16-/m0/s1. The second kappa shape index (κ2) is 7.72. The van der Waals surface area contributed by atoms with Crippen molar-refractivity contribution in [3.8, 4) is 0 Å². The van der Waals surface area contributed by atoms with Gasteiger partial charge >= 0.3 is 0 Å². The molecule has 1 heterocycles.